The van der Waals surface area contributed by atoms with E-state index in [1.165, 1.54) is 0 Å². The lowest BCUT2D eigenvalue weighted by atomic mass is 9.94. The van der Waals surface area contributed by atoms with Gasteiger partial charge in [0, 0.05) is 30.2 Å². The van der Waals surface area contributed by atoms with Crippen LogP contribution in [0.3, 0.4) is 0 Å². The second-order valence-electron chi connectivity index (χ2n) is 6.62. The number of carbonyl (C=O) groups excluding carboxylic acids is 1. The fourth-order valence-electron chi connectivity index (χ4n) is 2.36. The molecule has 1 aliphatic rings. The fraction of sp³-hybridized carbons (Fsp3) is 0.625. The lowest BCUT2D eigenvalue weighted by molar-refractivity contribution is -0.129. The molecule has 110 valence electrons. The van der Waals surface area contributed by atoms with Crippen molar-refractivity contribution in [3.8, 4) is 0 Å². The van der Waals surface area contributed by atoms with Crippen LogP contribution in [0.15, 0.2) is 18.2 Å². The third-order valence-electron chi connectivity index (χ3n) is 3.71. The average Bonchev–Trinajstić information content (AvgIpc) is 2.38. The largest absolute Gasteiger partial charge is 0.356 e. The van der Waals surface area contributed by atoms with Crippen molar-refractivity contribution in [2.45, 2.75) is 46.6 Å². The molecule has 1 amide bonds. The number of aromatic nitrogens is 1. The predicted octanol–water partition coefficient (Wildman–Crippen LogP) is 2.52. The van der Waals surface area contributed by atoms with Gasteiger partial charge >= 0.3 is 0 Å². The fourth-order valence-corrected chi connectivity index (χ4v) is 2.36. The van der Waals surface area contributed by atoms with Gasteiger partial charge in [0.25, 0.3) is 0 Å². The molecule has 0 atom stereocenters. The van der Waals surface area contributed by atoms with Crippen LogP contribution >= 0.6 is 0 Å². The Morgan fingerprint density at radius 2 is 1.95 bits per heavy atom. The van der Waals surface area contributed by atoms with Crippen LogP contribution < -0.4 is 10.2 Å². The zero-order valence-electron chi connectivity index (χ0n) is 12.9. The summed E-state index contributed by atoms with van der Waals surface area (Å²) < 4.78 is 0. The zero-order valence-corrected chi connectivity index (χ0v) is 12.9. The minimum absolute atomic E-state index is 0.143. The smallest absolute Gasteiger partial charge is 0.225 e. The molecule has 0 radical (unpaired) electrons. The van der Waals surface area contributed by atoms with Crippen molar-refractivity contribution in [2.75, 3.05) is 18.0 Å². The van der Waals surface area contributed by atoms with Gasteiger partial charge < -0.3 is 10.2 Å². The third kappa shape index (κ3) is 3.71. The molecule has 2 rings (SSSR count). The molecule has 1 fully saturated rings. The quantitative estimate of drug-likeness (QED) is 0.902. The third-order valence-corrected chi connectivity index (χ3v) is 3.71. The maximum Gasteiger partial charge on any atom is 0.225 e. The van der Waals surface area contributed by atoms with Crippen molar-refractivity contribution in [2.24, 2.45) is 5.41 Å². The van der Waals surface area contributed by atoms with Crippen LogP contribution in [0.5, 0.6) is 0 Å². The first-order valence-corrected chi connectivity index (χ1v) is 7.36. The van der Waals surface area contributed by atoms with Gasteiger partial charge in [0.1, 0.15) is 5.82 Å². The second-order valence-corrected chi connectivity index (χ2v) is 6.62. The van der Waals surface area contributed by atoms with E-state index in [1.54, 1.807) is 0 Å². The highest BCUT2D eigenvalue weighted by atomic mass is 16.2. The number of amides is 1. The van der Waals surface area contributed by atoms with Gasteiger partial charge in [-0.2, -0.15) is 0 Å². The molecule has 4 nitrogen and oxygen atoms in total. The Morgan fingerprint density at radius 3 is 2.50 bits per heavy atom. The normalized spacial score (nSPS) is 17.1. The lowest BCUT2D eigenvalue weighted by Crippen LogP contribution is -2.47. The molecule has 1 saturated heterocycles. The Morgan fingerprint density at radius 1 is 1.30 bits per heavy atom. The average molecular weight is 275 g/mol. The molecule has 2 heterocycles. The zero-order chi connectivity index (χ0) is 14.8. The van der Waals surface area contributed by atoms with E-state index in [0.717, 1.165) is 37.4 Å². The number of nitrogens with zero attached hydrogens (tertiary/aromatic N) is 2. The number of pyridine rings is 1. The van der Waals surface area contributed by atoms with Crippen LogP contribution in [0, 0.1) is 12.3 Å². The molecule has 20 heavy (non-hydrogen) atoms. The highest BCUT2D eigenvalue weighted by Crippen LogP contribution is 2.20. The van der Waals surface area contributed by atoms with Crippen molar-refractivity contribution < 1.29 is 4.79 Å². The van der Waals surface area contributed by atoms with E-state index in [4.69, 9.17) is 0 Å². The van der Waals surface area contributed by atoms with E-state index >= 15 is 0 Å². The summed E-state index contributed by atoms with van der Waals surface area (Å²) in [6.45, 7) is 9.77. The molecule has 1 aliphatic heterocycles. The molecule has 1 aromatic heterocycles. The van der Waals surface area contributed by atoms with Gasteiger partial charge in [-0.05, 0) is 31.9 Å². The van der Waals surface area contributed by atoms with Gasteiger partial charge in [-0.3, -0.25) is 4.79 Å². The summed E-state index contributed by atoms with van der Waals surface area (Å²) in [5, 5.41) is 3.16. The first-order valence-electron chi connectivity index (χ1n) is 7.36. The van der Waals surface area contributed by atoms with Gasteiger partial charge in [0.2, 0.25) is 5.91 Å². The number of carbonyl (C=O) groups is 1. The van der Waals surface area contributed by atoms with Crippen LogP contribution in [0.25, 0.3) is 0 Å². The summed E-state index contributed by atoms with van der Waals surface area (Å²) in [6.07, 6.45) is 1.97. The van der Waals surface area contributed by atoms with Gasteiger partial charge in [-0.1, -0.05) is 26.8 Å². The Hall–Kier alpha value is -1.58. The molecule has 4 heteroatoms. The molecule has 1 N–H and O–H groups in total. The van der Waals surface area contributed by atoms with Gasteiger partial charge in [0.15, 0.2) is 0 Å². The standard InChI is InChI=1S/C16H25N3O/c1-12-6-5-7-14(17-12)19-10-8-13(9-11-19)18-15(20)16(2,3)4/h5-7,13H,8-11H2,1-4H3,(H,18,20). The molecule has 0 saturated carbocycles. The molecule has 0 spiro atoms. The highest BCUT2D eigenvalue weighted by molar-refractivity contribution is 5.81. The minimum Gasteiger partial charge on any atom is -0.356 e. The van der Waals surface area contributed by atoms with Crippen LogP contribution in [-0.4, -0.2) is 30.0 Å². The summed E-state index contributed by atoms with van der Waals surface area (Å²) in [4.78, 5) is 18.9. The summed E-state index contributed by atoms with van der Waals surface area (Å²) in [7, 11) is 0. The van der Waals surface area contributed by atoms with E-state index < -0.39 is 0 Å². The predicted molar refractivity (Wildman–Crippen MR) is 81.8 cm³/mol. The van der Waals surface area contributed by atoms with E-state index in [9.17, 15) is 4.79 Å². The summed E-state index contributed by atoms with van der Waals surface area (Å²) in [6, 6.07) is 6.41. The maximum atomic E-state index is 12.0. The summed E-state index contributed by atoms with van der Waals surface area (Å²) >= 11 is 0. The second kappa shape index (κ2) is 5.81. The van der Waals surface area contributed by atoms with Crippen LogP contribution in [0.2, 0.25) is 0 Å². The molecule has 1 aromatic rings. The van der Waals surface area contributed by atoms with Gasteiger partial charge in [0.05, 0.1) is 0 Å². The van der Waals surface area contributed by atoms with E-state index in [0.29, 0.717) is 6.04 Å². The number of anilines is 1. The lowest BCUT2D eigenvalue weighted by Gasteiger charge is -2.34. The topological polar surface area (TPSA) is 45.2 Å². The van der Waals surface area contributed by atoms with Gasteiger partial charge in [-0.25, -0.2) is 4.98 Å². The van der Waals surface area contributed by atoms with Crippen molar-refractivity contribution in [3.05, 3.63) is 23.9 Å². The van der Waals surface area contributed by atoms with Crippen molar-refractivity contribution in [3.63, 3.8) is 0 Å². The van der Waals surface area contributed by atoms with E-state index in [1.807, 2.05) is 39.8 Å². The molecule has 0 aromatic carbocycles. The van der Waals surface area contributed by atoms with E-state index in [-0.39, 0.29) is 11.3 Å². The van der Waals surface area contributed by atoms with Crippen molar-refractivity contribution >= 4 is 11.7 Å². The van der Waals surface area contributed by atoms with Crippen molar-refractivity contribution in [1.82, 2.24) is 10.3 Å². The number of rotatable bonds is 2. The maximum absolute atomic E-state index is 12.0. The monoisotopic (exact) mass is 275 g/mol. The molecular weight excluding hydrogens is 250 g/mol. The Labute approximate surface area is 121 Å². The Kier molecular flexibility index (Phi) is 4.31. The number of piperidine rings is 1. The summed E-state index contributed by atoms with van der Waals surface area (Å²) in [5.74, 6) is 1.19. The number of aryl methyl sites for hydroxylation is 1. The minimum atomic E-state index is -0.310. The first kappa shape index (κ1) is 14.8. The highest BCUT2D eigenvalue weighted by Gasteiger charge is 2.26. The van der Waals surface area contributed by atoms with Crippen LogP contribution in [0.1, 0.15) is 39.3 Å². The molecule has 0 bridgehead atoms. The number of nitrogens with one attached hydrogen (secondary N) is 1. The molecule has 0 unspecified atom stereocenters. The van der Waals surface area contributed by atoms with Crippen molar-refractivity contribution in [1.29, 1.82) is 0 Å². The SMILES string of the molecule is Cc1cccc(N2CCC(NC(=O)C(C)(C)C)CC2)n1. The summed E-state index contributed by atoms with van der Waals surface area (Å²) in [5.41, 5.74) is 0.737. The van der Waals surface area contributed by atoms with Crippen LogP contribution in [0.4, 0.5) is 5.82 Å². The molecular formula is C16H25N3O. The van der Waals surface area contributed by atoms with Crippen LogP contribution in [-0.2, 0) is 4.79 Å². The number of hydrogen-bond acceptors (Lipinski definition) is 3. The van der Waals surface area contributed by atoms with E-state index in [2.05, 4.69) is 21.3 Å². The Balaban J connectivity index is 1.88. The molecule has 0 aliphatic carbocycles. The van der Waals surface area contributed by atoms with Gasteiger partial charge in [-0.15, -0.1) is 0 Å². The first-order chi connectivity index (χ1) is 9.36. The Bertz CT molecular complexity index is 471. The number of hydrogen-bond donors (Lipinski definition) is 1.